The fraction of sp³-hybridized carbons (Fsp3) is 0.647. The largest absolute Gasteiger partial charge is 0.490 e. The van der Waals surface area contributed by atoms with Crippen LogP contribution >= 0.6 is 15.9 Å². The summed E-state index contributed by atoms with van der Waals surface area (Å²) in [7, 11) is 0. The van der Waals surface area contributed by atoms with Crippen LogP contribution < -0.4 is 14.8 Å². The molecule has 0 aromatic heterocycles. The molecule has 0 amide bonds. The average Bonchev–Trinajstić information content (AvgIpc) is 2.62. The van der Waals surface area contributed by atoms with E-state index < -0.39 is 0 Å². The number of hydrogen-bond acceptors (Lipinski definition) is 3. The first-order chi connectivity index (χ1) is 9.96. The van der Waals surface area contributed by atoms with Crippen molar-refractivity contribution in [3.63, 3.8) is 0 Å². The Kier molecular flexibility index (Phi) is 5.94. The Morgan fingerprint density at radius 3 is 2.67 bits per heavy atom. The fourth-order valence-electron chi connectivity index (χ4n) is 2.35. The molecule has 0 atom stereocenters. The maximum Gasteiger partial charge on any atom is 0.175 e. The van der Waals surface area contributed by atoms with Gasteiger partial charge in [-0.2, -0.15) is 0 Å². The molecule has 4 heteroatoms. The first kappa shape index (κ1) is 16.6. The minimum atomic E-state index is 0.207. The number of fused-ring (bicyclic) bond motifs is 1. The highest BCUT2D eigenvalue weighted by atomic mass is 79.9. The molecule has 21 heavy (non-hydrogen) atoms. The third kappa shape index (κ3) is 5.51. The molecule has 0 fully saturated rings. The molecule has 1 heterocycles. The monoisotopic (exact) mass is 355 g/mol. The van der Waals surface area contributed by atoms with Gasteiger partial charge in [-0.25, -0.2) is 0 Å². The number of benzene rings is 1. The van der Waals surface area contributed by atoms with Crippen LogP contribution in [-0.2, 0) is 6.42 Å². The lowest BCUT2D eigenvalue weighted by Crippen LogP contribution is -2.36. The zero-order chi connectivity index (χ0) is 15.3. The van der Waals surface area contributed by atoms with Crippen LogP contribution in [0.5, 0.6) is 11.5 Å². The van der Waals surface area contributed by atoms with Crippen LogP contribution in [0.2, 0.25) is 0 Å². The van der Waals surface area contributed by atoms with Crippen molar-refractivity contribution in [1.82, 2.24) is 5.32 Å². The highest BCUT2D eigenvalue weighted by Gasteiger charge is 2.15. The maximum atomic E-state index is 5.77. The number of ether oxygens (including phenoxy) is 2. The molecule has 1 aromatic rings. The number of rotatable bonds is 5. The van der Waals surface area contributed by atoms with Crippen molar-refractivity contribution < 1.29 is 9.47 Å². The molecule has 0 radical (unpaired) electrons. The predicted molar refractivity (Wildman–Crippen MR) is 90.4 cm³/mol. The van der Waals surface area contributed by atoms with E-state index in [-0.39, 0.29) is 5.54 Å². The van der Waals surface area contributed by atoms with E-state index in [0.717, 1.165) is 48.6 Å². The lowest BCUT2D eigenvalue weighted by Gasteiger charge is -2.20. The van der Waals surface area contributed by atoms with Crippen molar-refractivity contribution in [2.45, 2.75) is 52.0 Å². The van der Waals surface area contributed by atoms with E-state index in [1.807, 2.05) is 0 Å². The van der Waals surface area contributed by atoms with Crippen molar-refractivity contribution >= 4 is 15.9 Å². The fourth-order valence-corrected chi connectivity index (χ4v) is 2.95. The molecular weight excluding hydrogens is 330 g/mol. The van der Waals surface area contributed by atoms with Crippen LogP contribution in [0.1, 0.15) is 45.6 Å². The van der Waals surface area contributed by atoms with Crippen LogP contribution in [0.3, 0.4) is 0 Å². The van der Waals surface area contributed by atoms with Crippen LogP contribution in [0.4, 0.5) is 0 Å². The normalized spacial score (nSPS) is 14.9. The van der Waals surface area contributed by atoms with Gasteiger partial charge in [-0.05, 0) is 80.2 Å². The number of aryl methyl sites for hydroxylation is 1. The van der Waals surface area contributed by atoms with E-state index in [1.54, 1.807) is 0 Å². The minimum absolute atomic E-state index is 0.207. The summed E-state index contributed by atoms with van der Waals surface area (Å²) in [6.07, 6.45) is 4.37. The first-order valence-electron chi connectivity index (χ1n) is 7.79. The summed E-state index contributed by atoms with van der Waals surface area (Å²) in [5.41, 5.74) is 1.51. The number of nitrogens with one attached hydrogen (secondary N) is 1. The lowest BCUT2D eigenvalue weighted by molar-refractivity contribution is 0.296. The van der Waals surface area contributed by atoms with Gasteiger partial charge in [0.1, 0.15) is 0 Å². The van der Waals surface area contributed by atoms with Crippen molar-refractivity contribution in [1.29, 1.82) is 0 Å². The van der Waals surface area contributed by atoms with E-state index in [2.05, 4.69) is 54.2 Å². The van der Waals surface area contributed by atoms with Gasteiger partial charge in [-0.3, -0.25) is 0 Å². The van der Waals surface area contributed by atoms with Crippen molar-refractivity contribution in [2.75, 3.05) is 19.8 Å². The van der Waals surface area contributed by atoms with E-state index >= 15 is 0 Å². The highest BCUT2D eigenvalue weighted by Crippen LogP contribution is 2.38. The third-order valence-electron chi connectivity index (χ3n) is 3.41. The molecule has 118 valence electrons. The topological polar surface area (TPSA) is 30.5 Å². The molecule has 0 unspecified atom stereocenters. The Hall–Kier alpha value is -0.740. The van der Waals surface area contributed by atoms with Crippen LogP contribution in [0.25, 0.3) is 0 Å². The number of hydrogen-bond donors (Lipinski definition) is 1. The van der Waals surface area contributed by atoms with Gasteiger partial charge in [-0.1, -0.05) is 0 Å². The standard InChI is InChI=1S/C17H26BrNO2/c1-17(2,3)19-8-5-4-7-13-11-14(18)16-15(12-13)20-9-6-10-21-16/h11-12,19H,4-10H2,1-3H3. The number of halogens is 1. The minimum Gasteiger partial charge on any atom is -0.490 e. The molecule has 1 aliphatic heterocycles. The molecule has 1 aromatic carbocycles. The Balaban J connectivity index is 1.86. The second-order valence-electron chi connectivity index (χ2n) is 6.59. The van der Waals surface area contributed by atoms with Gasteiger partial charge in [0.25, 0.3) is 0 Å². The molecule has 0 saturated heterocycles. The second-order valence-corrected chi connectivity index (χ2v) is 7.44. The van der Waals surface area contributed by atoms with Gasteiger partial charge >= 0.3 is 0 Å². The number of unbranched alkanes of at least 4 members (excludes halogenated alkanes) is 1. The maximum absolute atomic E-state index is 5.77. The van der Waals surface area contributed by atoms with Gasteiger partial charge in [0.05, 0.1) is 17.7 Å². The SMILES string of the molecule is CC(C)(C)NCCCCc1cc(Br)c2c(c1)OCCCO2. The van der Waals surface area contributed by atoms with Gasteiger partial charge in [0.2, 0.25) is 0 Å². The Bertz CT molecular complexity index is 469. The summed E-state index contributed by atoms with van der Waals surface area (Å²) in [5, 5.41) is 3.52. The zero-order valence-electron chi connectivity index (χ0n) is 13.3. The summed E-state index contributed by atoms with van der Waals surface area (Å²) < 4.78 is 12.5. The van der Waals surface area contributed by atoms with Gasteiger partial charge in [-0.15, -0.1) is 0 Å². The summed E-state index contributed by atoms with van der Waals surface area (Å²) in [6.45, 7) is 9.13. The summed E-state index contributed by atoms with van der Waals surface area (Å²) in [5.74, 6) is 1.73. The molecule has 0 bridgehead atoms. The van der Waals surface area contributed by atoms with Crippen LogP contribution in [0, 0.1) is 0 Å². The third-order valence-corrected chi connectivity index (χ3v) is 4.00. The van der Waals surface area contributed by atoms with Gasteiger partial charge < -0.3 is 14.8 Å². The Labute approximate surface area is 136 Å². The summed E-state index contributed by atoms with van der Waals surface area (Å²) in [4.78, 5) is 0. The van der Waals surface area contributed by atoms with Crippen LogP contribution in [-0.4, -0.2) is 25.3 Å². The molecule has 1 N–H and O–H groups in total. The molecule has 3 nitrogen and oxygen atoms in total. The van der Waals surface area contributed by atoms with E-state index in [9.17, 15) is 0 Å². The predicted octanol–water partition coefficient (Wildman–Crippen LogP) is 4.32. The Morgan fingerprint density at radius 1 is 1.14 bits per heavy atom. The van der Waals surface area contributed by atoms with Crippen molar-refractivity contribution in [3.05, 3.63) is 22.2 Å². The molecule has 0 aliphatic carbocycles. The second kappa shape index (κ2) is 7.50. The highest BCUT2D eigenvalue weighted by molar-refractivity contribution is 9.10. The molecule has 1 aliphatic rings. The molecule has 0 spiro atoms. The smallest absolute Gasteiger partial charge is 0.175 e. The molecule has 2 rings (SSSR count). The van der Waals surface area contributed by atoms with Crippen LogP contribution in [0.15, 0.2) is 16.6 Å². The molecular formula is C17H26BrNO2. The van der Waals surface area contributed by atoms with E-state index in [0.29, 0.717) is 0 Å². The summed E-state index contributed by atoms with van der Waals surface area (Å²) in [6, 6.07) is 4.29. The molecule has 0 saturated carbocycles. The Morgan fingerprint density at radius 2 is 1.90 bits per heavy atom. The zero-order valence-corrected chi connectivity index (χ0v) is 14.9. The van der Waals surface area contributed by atoms with Crippen molar-refractivity contribution in [3.8, 4) is 11.5 Å². The average molecular weight is 356 g/mol. The summed E-state index contributed by atoms with van der Waals surface area (Å²) >= 11 is 3.60. The van der Waals surface area contributed by atoms with E-state index in [1.165, 1.54) is 18.4 Å². The quantitative estimate of drug-likeness (QED) is 0.797. The van der Waals surface area contributed by atoms with Gasteiger partial charge in [0.15, 0.2) is 11.5 Å². The van der Waals surface area contributed by atoms with Gasteiger partial charge in [0, 0.05) is 12.0 Å². The van der Waals surface area contributed by atoms with E-state index in [4.69, 9.17) is 9.47 Å². The lowest BCUT2D eigenvalue weighted by atomic mass is 10.1. The first-order valence-corrected chi connectivity index (χ1v) is 8.58. The van der Waals surface area contributed by atoms with Crippen molar-refractivity contribution in [2.24, 2.45) is 0 Å².